The van der Waals surface area contributed by atoms with Crippen LogP contribution in [0, 0.1) is 13.8 Å². The Labute approximate surface area is 157 Å². The summed E-state index contributed by atoms with van der Waals surface area (Å²) >= 11 is 0. The number of ether oxygens (including phenoxy) is 2. The van der Waals surface area contributed by atoms with Gasteiger partial charge < -0.3 is 14.0 Å². The van der Waals surface area contributed by atoms with Crippen LogP contribution in [0.4, 0.5) is 0 Å². The SMILES string of the molecule is C=CC(=O)OCOc1cc(C)c(-c2cc3ccccc3n(C)c2=O)c(C)c1. The van der Waals surface area contributed by atoms with Gasteiger partial charge in [-0.25, -0.2) is 4.79 Å². The number of aryl methyl sites for hydroxylation is 3. The summed E-state index contributed by atoms with van der Waals surface area (Å²) in [5.41, 5.74) is 4.20. The third-order valence-corrected chi connectivity index (χ3v) is 4.50. The first-order chi connectivity index (χ1) is 12.9. The fraction of sp³-hybridized carbons (Fsp3) is 0.182. The molecule has 1 aromatic heterocycles. The van der Waals surface area contributed by atoms with Crippen LogP contribution in [0.2, 0.25) is 0 Å². The van der Waals surface area contributed by atoms with E-state index in [0.717, 1.165) is 33.7 Å². The molecule has 0 aliphatic carbocycles. The molecule has 0 fully saturated rings. The molecule has 3 rings (SSSR count). The molecule has 0 amide bonds. The minimum atomic E-state index is -0.542. The first-order valence-electron chi connectivity index (χ1n) is 8.54. The number of hydrogen-bond donors (Lipinski definition) is 0. The number of pyridine rings is 1. The van der Waals surface area contributed by atoms with Crippen LogP contribution in [0.15, 0.2) is 59.9 Å². The van der Waals surface area contributed by atoms with E-state index < -0.39 is 5.97 Å². The summed E-state index contributed by atoms with van der Waals surface area (Å²) in [6.07, 6.45) is 1.08. The predicted molar refractivity (Wildman–Crippen MR) is 106 cm³/mol. The Balaban J connectivity index is 2.02. The molecule has 0 atom stereocenters. The van der Waals surface area contributed by atoms with Crippen LogP contribution in [0.5, 0.6) is 5.75 Å². The van der Waals surface area contributed by atoms with Crippen LogP contribution in [-0.2, 0) is 16.6 Å². The molecule has 0 unspecified atom stereocenters. The van der Waals surface area contributed by atoms with E-state index in [1.165, 1.54) is 0 Å². The highest BCUT2D eigenvalue weighted by molar-refractivity contribution is 5.85. The number of carbonyl (C=O) groups is 1. The fourth-order valence-corrected chi connectivity index (χ4v) is 3.25. The van der Waals surface area contributed by atoms with Gasteiger partial charge in [0.1, 0.15) is 5.75 Å². The van der Waals surface area contributed by atoms with Crippen molar-refractivity contribution in [1.82, 2.24) is 4.57 Å². The van der Waals surface area contributed by atoms with Crippen molar-refractivity contribution in [2.24, 2.45) is 7.05 Å². The summed E-state index contributed by atoms with van der Waals surface area (Å²) in [6, 6.07) is 13.4. The van der Waals surface area contributed by atoms with Gasteiger partial charge in [0.2, 0.25) is 6.79 Å². The van der Waals surface area contributed by atoms with Crippen molar-refractivity contribution in [1.29, 1.82) is 0 Å². The molecule has 27 heavy (non-hydrogen) atoms. The Bertz CT molecular complexity index is 1070. The van der Waals surface area contributed by atoms with E-state index in [9.17, 15) is 9.59 Å². The lowest BCUT2D eigenvalue weighted by Gasteiger charge is -2.15. The van der Waals surface area contributed by atoms with Gasteiger partial charge in [-0.15, -0.1) is 0 Å². The minimum absolute atomic E-state index is 0.0477. The van der Waals surface area contributed by atoms with Gasteiger partial charge in [0.25, 0.3) is 5.56 Å². The minimum Gasteiger partial charge on any atom is -0.457 e. The van der Waals surface area contributed by atoms with Crippen molar-refractivity contribution in [3.8, 4) is 16.9 Å². The zero-order chi connectivity index (χ0) is 19.6. The second kappa shape index (κ2) is 7.50. The van der Waals surface area contributed by atoms with E-state index >= 15 is 0 Å². The summed E-state index contributed by atoms with van der Waals surface area (Å²) in [5.74, 6) is 0.0305. The Morgan fingerprint density at radius 1 is 1.15 bits per heavy atom. The molecule has 0 saturated heterocycles. The van der Waals surface area contributed by atoms with Crippen molar-refractivity contribution in [2.75, 3.05) is 6.79 Å². The van der Waals surface area contributed by atoms with Gasteiger partial charge in [0.15, 0.2) is 0 Å². The number of hydrogen-bond acceptors (Lipinski definition) is 4. The number of nitrogens with zero attached hydrogens (tertiary/aromatic N) is 1. The van der Waals surface area contributed by atoms with Crippen molar-refractivity contribution in [3.63, 3.8) is 0 Å². The molecule has 3 aromatic rings. The Kier molecular flexibility index (Phi) is 5.12. The summed E-state index contributed by atoms with van der Waals surface area (Å²) < 4.78 is 12.0. The smallest absolute Gasteiger partial charge is 0.333 e. The Morgan fingerprint density at radius 2 is 1.81 bits per heavy atom. The number of fused-ring (bicyclic) bond motifs is 1. The molecule has 0 aliphatic rings. The third kappa shape index (κ3) is 3.62. The van der Waals surface area contributed by atoms with Crippen LogP contribution in [0.25, 0.3) is 22.0 Å². The van der Waals surface area contributed by atoms with Crippen LogP contribution >= 0.6 is 0 Å². The molecule has 0 saturated carbocycles. The molecule has 2 aromatic carbocycles. The third-order valence-electron chi connectivity index (χ3n) is 4.50. The van der Waals surface area contributed by atoms with Crippen molar-refractivity contribution in [3.05, 3.63) is 76.6 Å². The molecule has 138 valence electrons. The first-order valence-corrected chi connectivity index (χ1v) is 8.54. The number of para-hydroxylation sites is 1. The van der Waals surface area contributed by atoms with Gasteiger partial charge in [-0.2, -0.15) is 0 Å². The monoisotopic (exact) mass is 363 g/mol. The lowest BCUT2D eigenvalue weighted by molar-refractivity contribution is -0.144. The highest BCUT2D eigenvalue weighted by atomic mass is 16.7. The summed E-state index contributed by atoms with van der Waals surface area (Å²) in [6.45, 7) is 7.00. The average molecular weight is 363 g/mol. The van der Waals surface area contributed by atoms with Crippen molar-refractivity contribution >= 4 is 16.9 Å². The Morgan fingerprint density at radius 3 is 2.48 bits per heavy atom. The predicted octanol–water partition coefficient (Wildman–Crippen LogP) is 3.89. The maximum absolute atomic E-state index is 12.9. The van der Waals surface area contributed by atoms with Gasteiger partial charge in [0.05, 0.1) is 5.52 Å². The van der Waals surface area contributed by atoms with Gasteiger partial charge in [-0.3, -0.25) is 4.79 Å². The second-order valence-corrected chi connectivity index (χ2v) is 6.34. The molecule has 1 heterocycles. The molecule has 0 bridgehead atoms. The first kappa shape index (κ1) is 18.5. The van der Waals surface area contributed by atoms with Crippen LogP contribution in [-0.4, -0.2) is 17.3 Å². The van der Waals surface area contributed by atoms with Crippen LogP contribution in [0.3, 0.4) is 0 Å². The van der Waals surface area contributed by atoms with Crippen LogP contribution in [0.1, 0.15) is 11.1 Å². The fourth-order valence-electron chi connectivity index (χ4n) is 3.25. The zero-order valence-corrected chi connectivity index (χ0v) is 15.6. The molecule has 5 heteroatoms. The highest BCUT2D eigenvalue weighted by Crippen LogP contribution is 2.30. The number of aromatic nitrogens is 1. The van der Waals surface area contributed by atoms with Gasteiger partial charge in [-0.1, -0.05) is 24.8 Å². The lowest BCUT2D eigenvalue weighted by atomic mass is 9.95. The van der Waals surface area contributed by atoms with Crippen LogP contribution < -0.4 is 10.3 Å². The average Bonchev–Trinajstić information content (AvgIpc) is 2.65. The van der Waals surface area contributed by atoms with Crippen molar-refractivity contribution < 1.29 is 14.3 Å². The molecule has 0 spiro atoms. The van der Waals surface area contributed by atoms with E-state index in [-0.39, 0.29) is 12.4 Å². The lowest BCUT2D eigenvalue weighted by Crippen LogP contribution is -2.19. The Hall–Kier alpha value is -3.34. The summed E-state index contributed by atoms with van der Waals surface area (Å²) in [7, 11) is 1.78. The van der Waals surface area contributed by atoms with Gasteiger partial charge >= 0.3 is 5.97 Å². The van der Waals surface area contributed by atoms with E-state index in [0.29, 0.717) is 11.3 Å². The summed E-state index contributed by atoms with van der Waals surface area (Å²) in [4.78, 5) is 24.0. The second-order valence-electron chi connectivity index (χ2n) is 6.34. The van der Waals surface area contributed by atoms with Crippen molar-refractivity contribution in [2.45, 2.75) is 13.8 Å². The van der Waals surface area contributed by atoms with Gasteiger partial charge in [-0.05, 0) is 60.2 Å². The van der Waals surface area contributed by atoms with E-state index in [1.807, 2.05) is 56.3 Å². The van der Waals surface area contributed by atoms with Gasteiger partial charge in [0, 0.05) is 18.7 Å². The maximum Gasteiger partial charge on any atom is 0.333 e. The molecule has 5 nitrogen and oxygen atoms in total. The zero-order valence-electron chi connectivity index (χ0n) is 15.6. The van der Waals surface area contributed by atoms with E-state index in [4.69, 9.17) is 9.47 Å². The van der Waals surface area contributed by atoms with E-state index in [1.54, 1.807) is 11.6 Å². The highest BCUT2D eigenvalue weighted by Gasteiger charge is 2.14. The number of benzene rings is 2. The largest absolute Gasteiger partial charge is 0.457 e. The normalized spacial score (nSPS) is 10.6. The summed E-state index contributed by atoms with van der Waals surface area (Å²) in [5, 5.41) is 1.00. The topological polar surface area (TPSA) is 57.5 Å². The quantitative estimate of drug-likeness (QED) is 0.392. The number of carbonyl (C=O) groups excluding carboxylic acids is 1. The standard InChI is InChI=1S/C22H21NO4/c1-5-20(24)27-13-26-17-10-14(2)21(15(3)11-17)18-12-16-8-6-7-9-19(16)23(4)22(18)25/h5-12H,1,13H2,2-4H3. The molecular weight excluding hydrogens is 342 g/mol. The molecule has 0 radical (unpaired) electrons. The number of esters is 1. The number of rotatable bonds is 5. The molecular formula is C22H21NO4. The molecule has 0 aliphatic heterocycles. The molecule has 0 N–H and O–H groups in total. The van der Waals surface area contributed by atoms with E-state index in [2.05, 4.69) is 6.58 Å². The maximum atomic E-state index is 12.9.